The summed E-state index contributed by atoms with van der Waals surface area (Å²) in [4.78, 5) is 0. The average Bonchev–Trinajstić information content (AvgIpc) is 2.52. The molecule has 0 amide bonds. The Kier molecular flexibility index (Phi) is 7.14. The van der Waals surface area contributed by atoms with Crippen molar-refractivity contribution in [1.29, 1.82) is 0 Å². The molecule has 5 N–H and O–H groups in total. The van der Waals surface area contributed by atoms with Crippen molar-refractivity contribution < 1.29 is 44.5 Å². The molecular formula is C14H26O9. The maximum absolute atomic E-state index is 9.96. The SMILES string of the molecule is CCOC1CC(O)C(O)C(CO[C@@H]2CC(O)[C@H](O)C(CO)O2)O1. The first-order valence-electron chi connectivity index (χ1n) is 7.83. The Morgan fingerprint density at radius 1 is 0.870 bits per heavy atom. The van der Waals surface area contributed by atoms with E-state index in [1.807, 2.05) is 0 Å². The van der Waals surface area contributed by atoms with Gasteiger partial charge in [0, 0.05) is 19.4 Å². The normalized spacial score (nSPS) is 45.1. The molecular weight excluding hydrogens is 312 g/mol. The van der Waals surface area contributed by atoms with Crippen LogP contribution in [0.15, 0.2) is 0 Å². The van der Waals surface area contributed by atoms with Crippen LogP contribution in [0.3, 0.4) is 0 Å². The smallest absolute Gasteiger partial charge is 0.160 e. The Balaban J connectivity index is 1.86. The van der Waals surface area contributed by atoms with Crippen LogP contribution in [0, 0.1) is 0 Å². The van der Waals surface area contributed by atoms with E-state index in [1.54, 1.807) is 6.92 Å². The van der Waals surface area contributed by atoms with Crippen molar-refractivity contribution in [1.82, 2.24) is 0 Å². The molecule has 0 radical (unpaired) electrons. The number of aliphatic hydroxyl groups is 5. The first-order chi connectivity index (χ1) is 11.0. The lowest BCUT2D eigenvalue weighted by molar-refractivity contribution is -0.291. The first-order valence-corrected chi connectivity index (χ1v) is 7.83. The van der Waals surface area contributed by atoms with Gasteiger partial charge in [-0.25, -0.2) is 0 Å². The summed E-state index contributed by atoms with van der Waals surface area (Å²) >= 11 is 0. The first kappa shape index (κ1) is 19.0. The average molecular weight is 338 g/mol. The van der Waals surface area contributed by atoms with E-state index in [0.29, 0.717) is 6.61 Å². The molecule has 9 heteroatoms. The zero-order valence-corrected chi connectivity index (χ0v) is 13.0. The predicted molar refractivity (Wildman–Crippen MR) is 75.2 cm³/mol. The quantitative estimate of drug-likeness (QED) is 0.362. The molecule has 2 aliphatic heterocycles. The summed E-state index contributed by atoms with van der Waals surface area (Å²) in [7, 11) is 0. The van der Waals surface area contributed by atoms with Crippen LogP contribution >= 0.6 is 0 Å². The van der Waals surface area contributed by atoms with Gasteiger partial charge in [0.25, 0.3) is 0 Å². The minimum Gasteiger partial charge on any atom is -0.394 e. The van der Waals surface area contributed by atoms with E-state index in [9.17, 15) is 20.4 Å². The van der Waals surface area contributed by atoms with Crippen LogP contribution in [0.25, 0.3) is 0 Å². The molecule has 136 valence electrons. The van der Waals surface area contributed by atoms with Gasteiger partial charge in [-0.1, -0.05) is 0 Å². The summed E-state index contributed by atoms with van der Waals surface area (Å²) in [5, 5.41) is 48.3. The van der Waals surface area contributed by atoms with Gasteiger partial charge in [-0.05, 0) is 6.92 Å². The molecule has 8 atom stereocenters. The van der Waals surface area contributed by atoms with E-state index >= 15 is 0 Å². The zero-order chi connectivity index (χ0) is 17.0. The highest BCUT2D eigenvalue weighted by molar-refractivity contribution is 4.85. The Morgan fingerprint density at radius 3 is 1.96 bits per heavy atom. The maximum Gasteiger partial charge on any atom is 0.160 e. The van der Waals surface area contributed by atoms with E-state index in [2.05, 4.69) is 0 Å². The van der Waals surface area contributed by atoms with Gasteiger partial charge in [0.05, 0.1) is 25.4 Å². The third-order valence-electron chi connectivity index (χ3n) is 4.05. The van der Waals surface area contributed by atoms with E-state index in [0.717, 1.165) is 0 Å². The van der Waals surface area contributed by atoms with Crippen molar-refractivity contribution >= 4 is 0 Å². The summed E-state index contributed by atoms with van der Waals surface area (Å²) in [6.45, 7) is 1.66. The molecule has 2 aliphatic rings. The second kappa shape index (κ2) is 8.65. The minimum absolute atomic E-state index is 0.0257. The molecule has 0 spiro atoms. The highest BCUT2D eigenvalue weighted by atomic mass is 16.7. The van der Waals surface area contributed by atoms with Crippen molar-refractivity contribution in [3.63, 3.8) is 0 Å². The van der Waals surface area contributed by atoms with Crippen LogP contribution in [0.2, 0.25) is 0 Å². The lowest BCUT2D eigenvalue weighted by Gasteiger charge is -2.39. The zero-order valence-electron chi connectivity index (χ0n) is 13.0. The minimum atomic E-state index is -1.18. The van der Waals surface area contributed by atoms with Gasteiger partial charge in [0.15, 0.2) is 12.6 Å². The molecule has 2 saturated heterocycles. The van der Waals surface area contributed by atoms with Crippen LogP contribution in [0.4, 0.5) is 0 Å². The Labute approximate surface area is 134 Å². The molecule has 0 aromatic rings. The summed E-state index contributed by atoms with van der Waals surface area (Å²) in [5.74, 6) is 0. The molecule has 0 aromatic carbocycles. The van der Waals surface area contributed by atoms with Gasteiger partial charge in [0.1, 0.15) is 24.4 Å². The fraction of sp³-hybridized carbons (Fsp3) is 1.00. The van der Waals surface area contributed by atoms with Crippen molar-refractivity contribution in [2.75, 3.05) is 19.8 Å². The maximum atomic E-state index is 9.96. The van der Waals surface area contributed by atoms with Crippen molar-refractivity contribution in [2.45, 2.75) is 69.0 Å². The molecule has 0 aliphatic carbocycles. The van der Waals surface area contributed by atoms with Crippen molar-refractivity contribution in [3.05, 3.63) is 0 Å². The molecule has 9 nitrogen and oxygen atoms in total. The molecule has 0 aromatic heterocycles. The van der Waals surface area contributed by atoms with Gasteiger partial charge in [-0.2, -0.15) is 0 Å². The number of rotatable bonds is 6. The van der Waals surface area contributed by atoms with Crippen LogP contribution in [-0.4, -0.2) is 94.6 Å². The van der Waals surface area contributed by atoms with Crippen molar-refractivity contribution in [2.24, 2.45) is 0 Å². The molecule has 2 fully saturated rings. The molecule has 2 heterocycles. The summed E-state index contributed by atoms with van der Waals surface area (Å²) < 4.78 is 21.6. The lowest BCUT2D eigenvalue weighted by Crippen LogP contribution is -2.53. The Bertz CT molecular complexity index is 355. The van der Waals surface area contributed by atoms with Crippen LogP contribution in [0.5, 0.6) is 0 Å². The molecule has 0 saturated carbocycles. The summed E-state index contributed by atoms with van der Waals surface area (Å²) in [6.07, 6.45) is -7.41. The molecule has 0 bridgehead atoms. The number of aliphatic hydroxyl groups excluding tert-OH is 5. The lowest BCUT2D eigenvalue weighted by atomic mass is 10.0. The third-order valence-corrected chi connectivity index (χ3v) is 4.05. The number of hydrogen-bond donors (Lipinski definition) is 5. The third kappa shape index (κ3) is 4.81. The van der Waals surface area contributed by atoms with Crippen molar-refractivity contribution in [3.8, 4) is 0 Å². The molecule has 2 rings (SSSR count). The highest BCUT2D eigenvalue weighted by Crippen LogP contribution is 2.25. The van der Waals surface area contributed by atoms with Crippen LogP contribution in [-0.2, 0) is 18.9 Å². The summed E-state index contributed by atoms with van der Waals surface area (Å²) in [5.41, 5.74) is 0. The monoisotopic (exact) mass is 338 g/mol. The molecule has 23 heavy (non-hydrogen) atoms. The number of ether oxygens (including phenoxy) is 4. The van der Waals surface area contributed by atoms with E-state index in [1.165, 1.54) is 0 Å². The van der Waals surface area contributed by atoms with Gasteiger partial charge in [0.2, 0.25) is 0 Å². The van der Waals surface area contributed by atoms with E-state index < -0.39 is 55.8 Å². The van der Waals surface area contributed by atoms with E-state index in [-0.39, 0.29) is 19.4 Å². The highest BCUT2D eigenvalue weighted by Gasteiger charge is 2.40. The second-order valence-electron chi connectivity index (χ2n) is 5.77. The second-order valence-corrected chi connectivity index (χ2v) is 5.77. The predicted octanol–water partition coefficient (Wildman–Crippen LogP) is -2.29. The Morgan fingerprint density at radius 2 is 1.39 bits per heavy atom. The van der Waals surface area contributed by atoms with Gasteiger partial charge in [-0.3, -0.25) is 0 Å². The topological polar surface area (TPSA) is 138 Å². The van der Waals surface area contributed by atoms with Gasteiger partial charge < -0.3 is 44.5 Å². The largest absolute Gasteiger partial charge is 0.394 e. The fourth-order valence-electron chi connectivity index (χ4n) is 2.72. The fourth-order valence-corrected chi connectivity index (χ4v) is 2.72. The molecule has 6 unspecified atom stereocenters. The van der Waals surface area contributed by atoms with E-state index in [4.69, 9.17) is 24.1 Å². The van der Waals surface area contributed by atoms with Crippen LogP contribution in [0.1, 0.15) is 19.8 Å². The Hall–Kier alpha value is -0.360. The van der Waals surface area contributed by atoms with Gasteiger partial charge >= 0.3 is 0 Å². The van der Waals surface area contributed by atoms with Gasteiger partial charge in [-0.15, -0.1) is 0 Å². The standard InChI is InChI=1S/C14H26O9/c1-2-20-11-3-8(17)14(19)10(23-11)6-21-12-4-7(16)13(18)9(5-15)22-12/h7-19H,2-6H2,1H3/t7?,8?,9?,10?,11?,12-,13-,14?/m0/s1. The van der Waals surface area contributed by atoms with Crippen LogP contribution < -0.4 is 0 Å². The summed E-state index contributed by atoms with van der Waals surface area (Å²) in [6, 6.07) is 0. The number of hydrogen-bond acceptors (Lipinski definition) is 9.